The summed E-state index contributed by atoms with van der Waals surface area (Å²) in [6.45, 7) is 0.457. The number of ether oxygens (including phenoxy) is 1. The third-order valence-corrected chi connectivity index (χ3v) is 3.13. The van der Waals surface area contributed by atoms with Gasteiger partial charge in [0.2, 0.25) is 0 Å². The second-order valence-corrected chi connectivity index (χ2v) is 4.45. The Hall–Kier alpha value is -2.21. The molecule has 1 aromatic carbocycles. The van der Waals surface area contributed by atoms with Crippen LogP contribution in [0.2, 0.25) is 0 Å². The van der Waals surface area contributed by atoms with Gasteiger partial charge in [0.1, 0.15) is 6.61 Å². The van der Waals surface area contributed by atoms with E-state index in [1.165, 1.54) is 0 Å². The second kappa shape index (κ2) is 4.47. The maximum Gasteiger partial charge on any atom is 0.181 e. The first-order valence-electron chi connectivity index (χ1n) is 6.00. The fraction of sp³-hybridized carbons (Fsp3) is 0.308. The monoisotopic (exact) mass is 257 g/mol. The minimum absolute atomic E-state index is 0.457. The highest BCUT2D eigenvalue weighted by atomic mass is 16.5. The molecule has 0 saturated carbocycles. The number of fused-ring (bicyclic) bond motifs is 1. The van der Waals surface area contributed by atoms with Crippen molar-refractivity contribution >= 4 is 10.9 Å². The van der Waals surface area contributed by atoms with Gasteiger partial charge in [-0.25, -0.2) is 4.98 Å². The molecule has 2 heterocycles. The Morgan fingerprint density at radius 2 is 2.05 bits per heavy atom. The Balaban J connectivity index is 2.05. The van der Waals surface area contributed by atoms with Gasteiger partial charge in [-0.15, -0.1) is 0 Å². The van der Waals surface area contributed by atoms with Crippen molar-refractivity contribution in [3.05, 3.63) is 30.2 Å². The van der Waals surface area contributed by atoms with E-state index in [4.69, 9.17) is 4.74 Å². The normalized spacial score (nSPS) is 11.3. The third kappa shape index (κ3) is 2.00. The highest BCUT2D eigenvalue weighted by Crippen LogP contribution is 2.21. The van der Waals surface area contributed by atoms with Crippen LogP contribution in [0.3, 0.4) is 0 Å². The molecular weight excluding hydrogens is 242 g/mol. The van der Waals surface area contributed by atoms with Gasteiger partial charge in [0.25, 0.3) is 0 Å². The van der Waals surface area contributed by atoms with Crippen LogP contribution in [0.1, 0.15) is 5.82 Å². The maximum absolute atomic E-state index is 5.09. The fourth-order valence-electron chi connectivity index (χ4n) is 2.10. The van der Waals surface area contributed by atoms with E-state index < -0.39 is 0 Å². The summed E-state index contributed by atoms with van der Waals surface area (Å²) in [4.78, 5) is 4.48. The van der Waals surface area contributed by atoms with E-state index in [-0.39, 0.29) is 0 Å². The highest BCUT2D eigenvalue weighted by Gasteiger charge is 2.10. The van der Waals surface area contributed by atoms with E-state index in [0.717, 1.165) is 22.3 Å². The van der Waals surface area contributed by atoms with Crippen molar-refractivity contribution in [2.45, 2.75) is 6.61 Å². The zero-order valence-electron chi connectivity index (χ0n) is 11.2. The molecule has 0 bridgehead atoms. The van der Waals surface area contributed by atoms with Crippen LogP contribution in [0.4, 0.5) is 0 Å². The molecule has 6 nitrogen and oxygen atoms in total. The Labute approximate surface area is 110 Å². The molecule has 0 fully saturated rings. The van der Waals surface area contributed by atoms with Gasteiger partial charge in [0.05, 0.1) is 11.7 Å². The van der Waals surface area contributed by atoms with Gasteiger partial charge in [-0.2, -0.15) is 10.2 Å². The van der Waals surface area contributed by atoms with Gasteiger partial charge >= 0.3 is 0 Å². The molecule has 0 saturated heterocycles. The Morgan fingerprint density at radius 1 is 1.21 bits per heavy atom. The van der Waals surface area contributed by atoms with Gasteiger partial charge in [-0.3, -0.25) is 9.36 Å². The van der Waals surface area contributed by atoms with Gasteiger partial charge in [-0.1, -0.05) is 0 Å². The molecular formula is C13H15N5O. The summed E-state index contributed by atoms with van der Waals surface area (Å²) in [5.74, 6) is 1.52. The number of nitrogens with zero attached hydrogens (tertiary/aromatic N) is 5. The van der Waals surface area contributed by atoms with Crippen LogP contribution in [0.5, 0.6) is 0 Å². The van der Waals surface area contributed by atoms with Crippen molar-refractivity contribution in [2.75, 3.05) is 7.11 Å². The summed E-state index contributed by atoms with van der Waals surface area (Å²) in [6, 6.07) is 6.09. The quantitative estimate of drug-likeness (QED) is 0.713. The molecule has 0 aliphatic heterocycles. The summed E-state index contributed by atoms with van der Waals surface area (Å²) < 4.78 is 8.69. The largest absolute Gasteiger partial charge is 0.377 e. The molecule has 0 spiro atoms. The predicted molar refractivity (Wildman–Crippen MR) is 71.4 cm³/mol. The van der Waals surface area contributed by atoms with Crippen LogP contribution in [-0.4, -0.2) is 31.7 Å². The van der Waals surface area contributed by atoms with Crippen LogP contribution in [0.15, 0.2) is 24.4 Å². The van der Waals surface area contributed by atoms with Crippen molar-refractivity contribution < 1.29 is 4.74 Å². The first kappa shape index (κ1) is 11.9. The van der Waals surface area contributed by atoms with Crippen molar-refractivity contribution in [2.24, 2.45) is 14.1 Å². The first-order valence-corrected chi connectivity index (χ1v) is 6.00. The van der Waals surface area contributed by atoms with Crippen molar-refractivity contribution in [3.8, 4) is 11.4 Å². The number of methoxy groups -OCH3 is 1. The Kier molecular flexibility index (Phi) is 2.79. The molecule has 19 heavy (non-hydrogen) atoms. The number of aryl methyl sites for hydroxylation is 2. The lowest BCUT2D eigenvalue weighted by atomic mass is 10.1. The van der Waals surface area contributed by atoms with Crippen LogP contribution in [-0.2, 0) is 25.4 Å². The molecule has 0 radical (unpaired) electrons. The minimum atomic E-state index is 0.457. The molecule has 3 rings (SSSR count). The fourth-order valence-corrected chi connectivity index (χ4v) is 2.10. The van der Waals surface area contributed by atoms with E-state index in [2.05, 4.69) is 15.2 Å². The third-order valence-electron chi connectivity index (χ3n) is 3.13. The highest BCUT2D eigenvalue weighted by molar-refractivity contribution is 5.83. The summed E-state index contributed by atoms with van der Waals surface area (Å²) in [5.41, 5.74) is 2.08. The van der Waals surface area contributed by atoms with Crippen molar-refractivity contribution in [1.82, 2.24) is 24.5 Å². The van der Waals surface area contributed by atoms with Gasteiger partial charge < -0.3 is 4.74 Å². The molecule has 0 atom stereocenters. The van der Waals surface area contributed by atoms with Gasteiger partial charge in [0, 0.05) is 32.2 Å². The second-order valence-electron chi connectivity index (χ2n) is 4.45. The Morgan fingerprint density at radius 3 is 2.84 bits per heavy atom. The lowest BCUT2D eigenvalue weighted by Crippen LogP contribution is -2.00. The van der Waals surface area contributed by atoms with Crippen LogP contribution in [0, 0.1) is 0 Å². The number of rotatable bonds is 3. The van der Waals surface area contributed by atoms with Crippen molar-refractivity contribution in [1.29, 1.82) is 0 Å². The average Bonchev–Trinajstić information content (AvgIpc) is 2.95. The van der Waals surface area contributed by atoms with E-state index in [1.807, 2.05) is 43.2 Å². The zero-order valence-corrected chi connectivity index (χ0v) is 11.2. The summed E-state index contributed by atoms with van der Waals surface area (Å²) in [7, 11) is 5.45. The standard InChI is InChI=1S/C13H15N5O/c1-17-11-5-4-9(6-10(11)7-14-17)13-15-12(8-19-3)18(2)16-13/h4-7H,8H2,1-3H3. The molecule has 0 unspecified atom stereocenters. The molecule has 6 heteroatoms. The van der Waals surface area contributed by atoms with E-state index in [1.54, 1.807) is 11.8 Å². The smallest absolute Gasteiger partial charge is 0.181 e. The van der Waals surface area contributed by atoms with E-state index in [0.29, 0.717) is 12.4 Å². The topological polar surface area (TPSA) is 57.8 Å². The molecule has 98 valence electrons. The SMILES string of the molecule is COCc1nc(-c2ccc3c(cnn3C)c2)nn1C. The summed E-state index contributed by atoms with van der Waals surface area (Å²) in [5, 5.41) is 9.73. The van der Waals surface area contributed by atoms with Crippen LogP contribution in [0.25, 0.3) is 22.3 Å². The van der Waals surface area contributed by atoms with Gasteiger partial charge in [0.15, 0.2) is 11.6 Å². The maximum atomic E-state index is 5.09. The zero-order chi connectivity index (χ0) is 13.4. The first-order chi connectivity index (χ1) is 9.19. The number of hydrogen-bond acceptors (Lipinski definition) is 4. The van der Waals surface area contributed by atoms with E-state index in [9.17, 15) is 0 Å². The summed E-state index contributed by atoms with van der Waals surface area (Å²) >= 11 is 0. The minimum Gasteiger partial charge on any atom is -0.377 e. The molecule has 3 aromatic rings. The summed E-state index contributed by atoms with van der Waals surface area (Å²) in [6.07, 6.45) is 1.85. The predicted octanol–water partition coefficient (Wildman–Crippen LogP) is 1.52. The molecule has 0 aliphatic carbocycles. The van der Waals surface area contributed by atoms with Crippen LogP contribution >= 0.6 is 0 Å². The number of aromatic nitrogens is 5. The number of hydrogen-bond donors (Lipinski definition) is 0. The lowest BCUT2D eigenvalue weighted by molar-refractivity contribution is 0.174. The average molecular weight is 257 g/mol. The molecule has 0 amide bonds. The number of benzene rings is 1. The van der Waals surface area contributed by atoms with E-state index >= 15 is 0 Å². The van der Waals surface area contributed by atoms with Crippen molar-refractivity contribution in [3.63, 3.8) is 0 Å². The van der Waals surface area contributed by atoms with Gasteiger partial charge in [-0.05, 0) is 18.2 Å². The van der Waals surface area contributed by atoms with Crippen LogP contribution < -0.4 is 0 Å². The molecule has 0 N–H and O–H groups in total. The Bertz CT molecular complexity index is 728. The molecule has 2 aromatic heterocycles. The molecule has 0 aliphatic rings. The lowest BCUT2D eigenvalue weighted by Gasteiger charge is -1.97.